The van der Waals surface area contributed by atoms with Gasteiger partial charge in [0.2, 0.25) is 0 Å². The summed E-state index contributed by atoms with van der Waals surface area (Å²) in [5.41, 5.74) is 3.31. The van der Waals surface area contributed by atoms with Gasteiger partial charge in [-0.2, -0.15) is 0 Å². The number of aldehydes is 1. The molecule has 1 aromatic rings. The lowest BCUT2D eigenvalue weighted by molar-refractivity contribution is -0.116. The van der Waals surface area contributed by atoms with Crippen molar-refractivity contribution in [3.8, 4) is 0 Å². The fourth-order valence-corrected chi connectivity index (χ4v) is 5.30. The molecule has 4 bridgehead atoms. The summed E-state index contributed by atoms with van der Waals surface area (Å²) in [4.78, 5) is 42.8. The maximum absolute atomic E-state index is 13.0. The molecular formula is C27H38N4O5. The van der Waals surface area contributed by atoms with Crippen LogP contribution in [0.4, 0.5) is 9.59 Å². The number of hydrogen-bond acceptors (Lipinski definition) is 6. The van der Waals surface area contributed by atoms with Crippen molar-refractivity contribution in [3.63, 3.8) is 0 Å². The summed E-state index contributed by atoms with van der Waals surface area (Å²) in [5, 5.41) is 14.2. The summed E-state index contributed by atoms with van der Waals surface area (Å²) in [7, 11) is 1.75. The molecule has 1 saturated heterocycles. The van der Waals surface area contributed by atoms with E-state index in [-0.39, 0.29) is 12.6 Å². The number of nitrogens with one attached hydrogen (secondary N) is 1. The first kappa shape index (κ1) is 26.2. The molecule has 0 spiro atoms. The van der Waals surface area contributed by atoms with Crippen LogP contribution in [0.1, 0.15) is 62.1 Å². The van der Waals surface area contributed by atoms with E-state index in [4.69, 9.17) is 4.74 Å². The number of aliphatic hydroxyl groups is 1. The quantitative estimate of drug-likeness (QED) is 0.619. The first-order valence-electron chi connectivity index (χ1n) is 13.0. The Morgan fingerprint density at radius 1 is 1.25 bits per heavy atom. The smallest absolute Gasteiger partial charge is 0.410 e. The Morgan fingerprint density at radius 3 is 2.86 bits per heavy atom. The molecule has 9 heteroatoms. The highest BCUT2D eigenvalue weighted by molar-refractivity contribution is 5.74. The molecule has 9 nitrogen and oxygen atoms in total. The minimum atomic E-state index is -1.06. The third-order valence-electron chi connectivity index (χ3n) is 7.43. The topological polar surface area (TPSA) is 102 Å². The number of ether oxygens (including phenoxy) is 1. The maximum Gasteiger partial charge on any atom is 0.410 e. The van der Waals surface area contributed by atoms with Crippen LogP contribution >= 0.6 is 0 Å². The Balaban J connectivity index is 1.57. The van der Waals surface area contributed by atoms with Crippen molar-refractivity contribution in [2.45, 2.75) is 83.0 Å². The molecule has 0 saturated carbocycles. The first-order chi connectivity index (χ1) is 17.4. The molecule has 0 aromatic heterocycles. The van der Waals surface area contributed by atoms with E-state index < -0.39 is 30.5 Å². The second kappa shape index (κ2) is 11.9. The van der Waals surface area contributed by atoms with Crippen LogP contribution < -0.4 is 5.32 Å². The summed E-state index contributed by atoms with van der Waals surface area (Å²) in [5.74, 6) is 0. The number of urea groups is 1. The van der Waals surface area contributed by atoms with Gasteiger partial charge >= 0.3 is 12.1 Å². The van der Waals surface area contributed by atoms with Crippen molar-refractivity contribution >= 4 is 24.5 Å². The number of amides is 3. The largest absolute Gasteiger partial charge is 0.445 e. The number of unbranched alkanes of at least 4 members (excludes halogenated alkanes) is 1. The van der Waals surface area contributed by atoms with Gasteiger partial charge in [0.05, 0.1) is 18.6 Å². The van der Waals surface area contributed by atoms with Crippen LogP contribution in [0.3, 0.4) is 0 Å². The van der Waals surface area contributed by atoms with Crippen LogP contribution in [0.15, 0.2) is 24.3 Å². The molecule has 36 heavy (non-hydrogen) atoms. The zero-order valence-corrected chi connectivity index (χ0v) is 21.3. The molecule has 1 aromatic carbocycles. The Labute approximate surface area is 213 Å². The Kier molecular flexibility index (Phi) is 8.64. The van der Waals surface area contributed by atoms with Gasteiger partial charge < -0.3 is 24.9 Å². The number of carbonyl (C=O) groups excluding carboxylic acids is 3. The number of rotatable bonds is 4. The molecule has 0 radical (unpaired) electrons. The van der Waals surface area contributed by atoms with Gasteiger partial charge in [-0.15, -0.1) is 0 Å². The summed E-state index contributed by atoms with van der Waals surface area (Å²) >= 11 is 0. The summed E-state index contributed by atoms with van der Waals surface area (Å²) in [6.07, 6.45) is 7.25. The Morgan fingerprint density at radius 2 is 2.08 bits per heavy atom. The van der Waals surface area contributed by atoms with Crippen LogP contribution in [0.2, 0.25) is 0 Å². The lowest BCUT2D eigenvalue weighted by Crippen LogP contribution is -2.55. The van der Waals surface area contributed by atoms with Crippen molar-refractivity contribution in [1.29, 1.82) is 0 Å². The number of aliphatic hydroxyl groups excluding tert-OH is 1. The van der Waals surface area contributed by atoms with Crippen molar-refractivity contribution < 1.29 is 24.2 Å². The molecule has 4 rings (SSSR count). The first-order valence-corrected chi connectivity index (χ1v) is 13.0. The second-order valence-corrected chi connectivity index (χ2v) is 10.1. The summed E-state index contributed by atoms with van der Waals surface area (Å²) in [6.45, 7) is 3.83. The fourth-order valence-electron chi connectivity index (χ4n) is 5.30. The molecule has 3 aliphatic heterocycles. The van der Waals surface area contributed by atoms with Gasteiger partial charge in [-0.3, -0.25) is 9.80 Å². The van der Waals surface area contributed by atoms with Gasteiger partial charge in [0.15, 0.2) is 0 Å². The van der Waals surface area contributed by atoms with Crippen LogP contribution in [-0.2, 0) is 22.6 Å². The number of allylic oxidation sites excluding steroid dienone is 1. The molecule has 2 unspecified atom stereocenters. The number of hydrogen-bond donors (Lipinski definition) is 2. The summed E-state index contributed by atoms with van der Waals surface area (Å²) in [6, 6.07) is 4.71. The van der Waals surface area contributed by atoms with E-state index in [2.05, 4.69) is 24.4 Å². The molecule has 5 atom stereocenters. The molecule has 3 amide bonds. The van der Waals surface area contributed by atoms with Crippen molar-refractivity contribution in [2.24, 2.45) is 0 Å². The second-order valence-electron chi connectivity index (χ2n) is 10.1. The lowest BCUT2D eigenvalue weighted by atomic mass is 10.0. The molecular weight excluding hydrogens is 460 g/mol. The highest BCUT2D eigenvalue weighted by Crippen LogP contribution is 2.29. The zero-order chi connectivity index (χ0) is 25.7. The van der Waals surface area contributed by atoms with Crippen LogP contribution in [0.5, 0.6) is 0 Å². The average molecular weight is 499 g/mol. The SMILES string of the molecule is CCCC[C@@H]1NC(=O)N(C)CCC/C=C/c2cccc3c2CN(C3)C(=O)O[C@@H]2C[C@@H](C=O)N(C2)C1O. The van der Waals surface area contributed by atoms with E-state index in [1.807, 2.05) is 18.2 Å². The van der Waals surface area contributed by atoms with Crippen LogP contribution in [0, 0.1) is 0 Å². The summed E-state index contributed by atoms with van der Waals surface area (Å²) < 4.78 is 5.81. The third-order valence-corrected chi connectivity index (χ3v) is 7.43. The van der Waals surface area contributed by atoms with E-state index in [0.717, 1.165) is 48.7 Å². The normalized spacial score (nSPS) is 30.1. The van der Waals surface area contributed by atoms with E-state index in [1.165, 1.54) is 0 Å². The standard InChI is InChI=1S/C27H38N4O5/c1-3-4-12-24-25(33)31-16-22(14-21(31)18-32)36-27(35)30-15-20-11-8-10-19(23(20)17-30)9-6-5-7-13-29(2)26(34)28-24/h6,8-11,18,21-22,24-25,33H,3-5,7,12-17H2,1-2H3,(H,28,34)/b9-6+/t21-,22+,24-,25?/m0/s1. The highest BCUT2D eigenvalue weighted by Gasteiger charge is 2.41. The monoisotopic (exact) mass is 498 g/mol. The van der Waals surface area contributed by atoms with E-state index in [1.54, 1.807) is 21.7 Å². The minimum absolute atomic E-state index is 0.236. The van der Waals surface area contributed by atoms with Crippen LogP contribution in [0.25, 0.3) is 6.08 Å². The number of nitrogens with zero attached hydrogens (tertiary/aromatic N) is 3. The number of carbonyl (C=O) groups is 3. The predicted octanol–water partition coefficient (Wildman–Crippen LogP) is 3.11. The van der Waals surface area contributed by atoms with Gasteiger partial charge in [-0.25, -0.2) is 9.59 Å². The van der Waals surface area contributed by atoms with E-state index >= 15 is 0 Å². The van der Waals surface area contributed by atoms with Crippen molar-refractivity contribution in [3.05, 3.63) is 41.0 Å². The van der Waals surface area contributed by atoms with Gasteiger partial charge in [-0.05, 0) is 36.0 Å². The number of fused-ring (bicyclic) bond motifs is 3. The lowest BCUT2D eigenvalue weighted by Gasteiger charge is -2.34. The molecule has 1 fully saturated rings. The third kappa shape index (κ3) is 5.90. The maximum atomic E-state index is 13.0. The van der Waals surface area contributed by atoms with Gasteiger partial charge in [0, 0.05) is 33.1 Å². The predicted molar refractivity (Wildman–Crippen MR) is 136 cm³/mol. The molecule has 3 aliphatic rings. The van der Waals surface area contributed by atoms with E-state index in [0.29, 0.717) is 32.5 Å². The van der Waals surface area contributed by atoms with Crippen molar-refractivity contribution in [2.75, 3.05) is 20.1 Å². The van der Waals surface area contributed by atoms with Crippen molar-refractivity contribution in [1.82, 2.24) is 20.0 Å². The minimum Gasteiger partial charge on any atom is -0.445 e. The van der Waals surface area contributed by atoms with Gasteiger partial charge in [0.1, 0.15) is 18.6 Å². The zero-order valence-electron chi connectivity index (χ0n) is 21.3. The highest BCUT2D eigenvalue weighted by atomic mass is 16.6. The Hall–Kier alpha value is -2.91. The molecule has 0 aliphatic carbocycles. The molecule has 2 N–H and O–H groups in total. The van der Waals surface area contributed by atoms with Gasteiger partial charge in [0.25, 0.3) is 0 Å². The average Bonchev–Trinajstić information content (AvgIpc) is 3.49. The molecule has 196 valence electrons. The Bertz CT molecular complexity index is 983. The van der Waals surface area contributed by atoms with E-state index in [9.17, 15) is 19.5 Å². The number of benzene rings is 1. The molecule has 3 heterocycles. The van der Waals surface area contributed by atoms with Gasteiger partial charge in [-0.1, -0.05) is 50.1 Å². The fraction of sp³-hybridized carbons (Fsp3) is 0.593. The van der Waals surface area contributed by atoms with Crippen LogP contribution in [-0.4, -0.2) is 82.8 Å².